The summed E-state index contributed by atoms with van der Waals surface area (Å²) in [7, 11) is 0. The normalized spacial score (nSPS) is 17.5. The number of anilines is 1. The van der Waals surface area contributed by atoms with Crippen molar-refractivity contribution in [1.29, 1.82) is 0 Å². The monoisotopic (exact) mass is 432 g/mol. The average molecular weight is 433 g/mol. The number of hydrogen-bond acceptors (Lipinski definition) is 3. The molecule has 5 rings (SSSR count). The zero-order chi connectivity index (χ0) is 21.4. The molecule has 1 amide bonds. The zero-order valence-corrected chi connectivity index (χ0v) is 19.5. The molecule has 0 atom stereocenters. The Hall–Kier alpha value is -2.20. The fourth-order valence-electron chi connectivity index (χ4n) is 5.50. The number of nitrogens with zero attached hydrogens (tertiary/aromatic N) is 1. The number of rotatable bonds is 7. The molecule has 3 aliphatic rings. The summed E-state index contributed by atoms with van der Waals surface area (Å²) in [6.07, 6.45) is 9.25. The Morgan fingerprint density at radius 1 is 1.00 bits per heavy atom. The van der Waals surface area contributed by atoms with Gasteiger partial charge in [-0.25, -0.2) is 0 Å². The van der Waals surface area contributed by atoms with E-state index in [1.807, 2.05) is 4.90 Å². The molecular formula is C27H32N2OS. The van der Waals surface area contributed by atoms with Gasteiger partial charge in [0.1, 0.15) is 0 Å². The van der Waals surface area contributed by atoms with Gasteiger partial charge in [0.15, 0.2) is 0 Å². The van der Waals surface area contributed by atoms with Crippen LogP contribution in [0.5, 0.6) is 0 Å². The van der Waals surface area contributed by atoms with Crippen LogP contribution < -0.4 is 4.72 Å². The van der Waals surface area contributed by atoms with Crippen LogP contribution in [-0.4, -0.2) is 23.9 Å². The SMILES string of the molecule is CCC1=C(C)CN(CCc2ccc(SNc3c4c(cc5c3CCC5)CCC4)cc2)C1=O. The second-order valence-electron chi connectivity index (χ2n) is 9.17. The van der Waals surface area contributed by atoms with Gasteiger partial charge < -0.3 is 9.62 Å². The Morgan fingerprint density at radius 3 is 2.29 bits per heavy atom. The predicted octanol–water partition coefficient (Wildman–Crippen LogP) is 5.89. The molecule has 2 aliphatic carbocycles. The topological polar surface area (TPSA) is 32.3 Å². The standard InChI is InChI=1S/C27H32N2OS/c1-3-23-18(2)17-29(27(23)30)15-14-19-10-12-22(13-11-19)31-28-26-24-8-4-6-20(24)16-21-7-5-9-25(21)26/h10-13,16,28H,3-9,14-15,17H2,1-2H3. The molecule has 1 heterocycles. The lowest BCUT2D eigenvalue weighted by molar-refractivity contribution is -0.125. The highest BCUT2D eigenvalue weighted by molar-refractivity contribution is 8.00. The smallest absolute Gasteiger partial charge is 0.250 e. The fourth-order valence-corrected chi connectivity index (χ4v) is 6.24. The molecule has 0 saturated heterocycles. The largest absolute Gasteiger partial charge is 0.335 e. The molecule has 2 aromatic carbocycles. The summed E-state index contributed by atoms with van der Waals surface area (Å²) in [5.74, 6) is 0.235. The molecule has 0 radical (unpaired) electrons. The van der Waals surface area contributed by atoms with Gasteiger partial charge in [-0.3, -0.25) is 4.79 Å². The van der Waals surface area contributed by atoms with Gasteiger partial charge in [-0.1, -0.05) is 25.1 Å². The lowest BCUT2D eigenvalue weighted by Gasteiger charge is -2.17. The third kappa shape index (κ3) is 4.03. The van der Waals surface area contributed by atoms with Gasteiger partial charge >= 0.3 is 0 Å². The van der Waals surface area contributed by atoms with Crippen molar-refractivity contribution in [2.45, 2.75) is 70.1 Å². The molecule has 0 saturated carbocycles. The quantitative estimate of drug-likeness (QED) is 0.553. The Bertz CT molecular complexity index is 1010. The van der Waals surface area contributed by atoms with Crippen LogP contribution in [0.1, 0.15) is 60.9 Å². The second-order valence-corrected chi connectivity index (χ2v) is 10.1. The Kier molecular flexibility index (Phi) is 5.83. The maximum atomic E-state index is 12.5. The van der Waals surface area contributed by atoms with Gasteiger partial charge in [0, 0.05) is 23.6 Å². The zero-order valence-electron chi connectivity index (χ0n) is 18.7. The third-order valence-electron chi connectivity index (χ3n) is 7.18. The molecule has 3 nitrogen and oxygen atoms in total. The highest BCUT2D eigenvalue weighted by Gasteiger charge is 2.26. The fraction of sp³-hybridized carbons (Fsp3) is 0.444. The van der Waals surface area contributed by atoms with Crippen molar-refractivity contribution < 1.29 is 4.79 Å². The number of fused-ring (bicyclic) bond motifs is 2. The van der Waals surface area contributed by atoms with E-state index in [-0.39, 0.29) is 5.91 Å². The number of amides is 1. The lowest BCUT2D eigenvalue weighted by atomic mass is 9.99. The first kappa shape index (κ1) is 20.7. The van der Waals surface area contributed by atoms with Crippen molar-refractivity contribution in [1.82, 2.24) is 4.90 Å². The Morgan fingerprint density at radius 2 is 1.68 bits per heavy atom. The minimum Gasteiger partial charge on any atom is -0.335 e. The van der Waals surface area contributed by atoms with Gasteiger partial charge in [-0.2, -0.15) is 0 Å². The molecule has 1 N–H and O–H groups in total. The van der Waals surface area contributed by atoms with Crippen molar-refractivity contribution in [3.63, 3.8) is 0 Å². The number of hydrogen-bond donors (Lipinski definition) is 1. The first-order valence-electron chi connectivity index (χ1n) is 11.8. The van der Waals surface area contributed by atoms with E-state index < -0.39 is 0 Å². The van der Waals surface area contributed by atoms with E-state index in [1.54, 1.807) is 34.2 Å². The van der Waals surface area contributed by atoms with Crippen molar-refractivity contribution in [2.75, 3.05) is 17.8 Å². The van der Waals surface area contributed by atoms with Crippen molar-refractivity contribution in [2.24, 2.45) is 0 Å². The molecule has 0 bridgehead atoms. The van der Waals surface area contributed by atoms with Gasteiger partial charge in [-0.05, 0) is 116 Å². The van der Waals surface area contributed by atoms with Crippen LogP contribution >= 0.6 is 11.9 Å². The lowest BCUT2D eigenvalue weighted by Crippen LogP contribution is -2.29. The van der Waals surface area contributed by atoms with Crippen LogP contribution in [0, 0.1) is 0 Å². The summed E-state index contributed by atoms with van der Waals surface area (Å²) < 4.78 is 3.74. The van der Waals surface area contributed by atoms with Crippen molar-refractivity contribution in [3.8, 4) is 0 Å². The van der Waals surface area contributed by atoms with Crippen LogP contribution in [-0.2, 0) is 36.9 Å². The average Bonchev–Trinajstić information content (AvgIpc) is 3.49. The van der Waals surface area contributed by atoms with Gasteiger partial charge in [0.2, 0.25) is 5.91 Å². The highest BCUT2D eigenvalue weighted by atomic mass is 32.2. The van der Waals surface area contributed by atoms with Crippen molar-refractivity contribution >= 4 is 23.5 Å². The minimum atomic E-state index is 0.235. The summed E-state index contributed by atoms with van der Waals surface area (Å²) in [5, 5.41) is 0. The first-order chi connectivity index (χ1) is 15.1. The van der Waals surface area contributed by atoms with Gasteiger partial charge in [0.05, 0.1) is 5.69 Å². The number of aryl methyl sites for hydroxylation is 2. The van der Waals surface area contributed by atoms with E-state index in [4.69, 9.17) is 0 Å². The molecule has 1 aliphatic heterocycles. The van der Waals surface area contributed by atoms with Gasteiger partial charge in [0.25, 0.3) is 0 Å². The Labute approximate surface area is 190 Å². The van der Waals surface area contributed by atoms with E-state index >= 15 is 0 Å². The second kappa shape index (κ2) is 8.74. The van der Waals surface area contributed by atoms with Crippen LogP contribution in [0.4, 0.5) is 5.69 Å². The number of carbonyl (C=O) groups excluding carboxylic acids is 1. The maximum Gasteiger partial charge on any atom is 0.250 e. The minimum absolute atomic E-state index is 0.235. The molecule has 2 aromatic rings. The highest BCUT2D eigenvalue weighted by Crippen LogP contribution is 2.40. The van der Waals surface area contributed by atoms with E-state index in [2.05, 4.69) is 48.9 Å². The van der Waals surface area contributed by atoms with Crippen LogP contribution in [0.2, 0.25) is 0 Å². The van der Waals surface area contributed by atoms with Crippen LogP contribution in [0.25, 0.3) is 0 Å². The number of nitrogens with one attached hydrogen (secondary N) is 1. The predicted molar refractivity (Wildman–Crippen MR) is 130 cm³/mol. The Balaban J connectivity index is 1.20. The molecule has 0 unspecified atom stereocenters. The molecule has 4 heteroatoms. The molecule has 31 heavy (non-hydrogen) atoms. The molecule has 162 valence electrons. The maximum absolute atomic E-state index is 12.5. The van der Waals surface area contributed by atoms with Crippen LogP contribution in [0.3, 0.4) is 0 Å². The summed E-state index contributed by atoms with van der Waals surface area (Å²) in [5.41, 5.74) is 11.2. The first-order valence-corrected chi connectivity index (χ1v) is 12.6. The number of carbonyl (C=O) groups is 1. The van der Waals surface area contributed by atoms with E-state index in [0.29, 0.717) is 0 Å². The van der Waals surface area contributed by atoms with E-state index in [9.17, 15) is 4.79 Å². The third-order valence-corrected chi connectivity index (χ3v) is 7.99. The molecule has 0 aromatic heterocycles. The summed E-state index contributed by atoms with van der Waals surface area (Å²) in [4.78, 5) is 15.7. The molecule has 0 fully saturated rings. The molecule has 0 spiro atoms. The summed E-state index contributed by atoms with van der Waals surface area (Å²) in [6.45, 7) is 5.76. The van der Waals surface area contributed by atoms with E-state index in [0.717, 1.165) is 31.5 Å². The van der Waals surface area contributed by atoms with Gasteiger partial charge in [-0.15, -0.1) is 0 Å². The van der Waals surface area contributed by atoms with Crippen molar-refractivity contribution in [3.05, 3.63) is 69.3 Å². The van der Waals surface area contributed by atoms with Crippen LogP contribution in [0.15, 0.2) is 46.4 Å². The summed E-state index contributed by atoms with van der Waals surface area (Å²) >= 11 is 1.74. The number of benzene rings is 2. The van der Waals surface area contributed by atoms with E-state index in [1.165, 1.54) is 60.2 Å². The summed E-state index contributed by atoms with van der Waals surface area (Å²) in [6, 6.07) is 11.3. The molecular weight excluding hydrogens is 400 g/mol.